The first-order valence-corrected chi connectivity index (χ1v) is 10.5. The summed E-state index contributed by atoms with van der Waals surface area (Å²) in [6.45, 7) is 1.75. The van der Waals surface area contributed by atoms with Gasteiger partial charge >= 0.3 is 0 Å². The van der Waals surface area contributed by atoms with Gasteiger partial charge in [0.2, 0.25) is 0 Å². The van der Waals surface area contributed by atoms with Crippen LogP contribution in [0.2, 0.25) is 10.0 Å². The molecule has 1 atom stereocenters. The van der Waals surface area contributed by atoms with Gasteiger partial charge in [-0.1, -0.05) is 23.2 Å². The van der Waals surface area contributed by atoms with Crippen molar-refractivity contribution in [3.63, 3.8) is 0 Å². The third kappa shape index (κ3) is 4.79. The maximum absolute atomic E-state index is 12.8. The minimum Gasteiger partial charge on any atom is -0.495 e. The highest BCUT2D eigenvalue weighted by molar-refractivity contribution is 7.92. The van der Waals surface area contributed by atoms with E-state index in [1.165, 1.54) is 19.2 Å². The average molecular weight is 431 g/mol. The zero-order chi connectivity index (χ0) is 19.6. The van der Waals surface area contributed by atoms with Crippen LogP contribution in [0.4, 0.5) is 5.69 Å². The molecule has 2 aromatic rings. The third-order valence-electron chi connectivity index (χ3n) is 4.24. The van der Waals surface area contributed by atoms with E-state index >= 15 is 0 Å². The molecule has 0 saturated carbocycles. The molecule has 0 aliphatic carbocycles. The number of sulfonamides is 1. The predicted octanol–water partition coefficient (Wildman–Crippen LogP) is 3.89. The van der Waals surface area contributed by atoms with E-state index in [0.29, 0.717) is 21.5 Å². The molecule has 1 N–H and O–H groups in total. The molecule has 1 saturated heterocycles. The highest BCUT2D eigenvalue weighted by atomic mass is 35.5. The summed E-state index contributed by atoms with van der Waals surface area (Å²) in [6.07, 6.45) is 0.912. The summed E-state index contributed by atoms with van der Waals surface area (Å²) in [6, 6.07) is 9.16. The van der Waals surface area contributed by atoms with E-state index in [4.69, 9.17) is 32.7 Å². The lowest BCUT2D eigenvalue weighted by Crippen LogP contribution is -2.21. The van der Waals surface area contributed by atoms with Crippen molar-refractivity contribution >= 4 is 38.9 Å². The number of hydrogen-bond acceptors (Lipinski definition) is 5. The molecule has 0 radical (unpaired) electrons. The molecule has 27 heavy (non-hydrogen) atoms. The Labute approximate surface area is 169 Å². The number of ether oxygens (including phenoxy) is 2. The fraction of sp³-hybridized carbons (Fsp3) is 0.333. The third-order valence-corrected chi connectivity index (χ3v) is 6.19. The SMILES string of the molecule is COc1ccc(Cl)cc1S(=O)(=O)Nc1ccc(Cl)c(O[C@@H]2CCN(C)C2)c1. The van der Waals surface area contributed by atoms with Crippen LogP contribution in [0.15, 0.2) is 41.3 Å². The van der Waals surface area contributed by atoms with Crippen LogP contribution in [0, 0.1) is 0 Å². The summed E-state index contributed by atoms with van der Waals surface area (Å²) in [5, 5.41) is 0.717. The molecule has 0 amide bonds. The molecule has 9 heteroatoms. The average Bonchev–Trinajstić information content (AvgIpc) is 3.02. The van der Waals surface area contributed by atoms with Gasteiger partial charge in [-0.3, -0.25) is 4.72 Å². The highest BCUT2D eigenvalue weighted by Gasteiger charge is 2.23. The summed E-state index contributed by atoms with van der Waals surface area (Å²) >= 11 is 12.2. The Morgan fingerprint density at radius 2 is 1.93 bits per heavy atom. The summed E-state index contributed by atoms with van der Waals surface area (Å²) in [5.74, 6) is 0.640. The van der Waals surface area contributed by atoms with Gasteiger partial charge in [0.15, 0.2) is 0 Å². The van der Waals surface area contributed by atoms with Crippen LogP contribution in [-0.2, 0) is 10.0 Å². The minimum atomic E-state index is -3.91. The Morgan fingerprint density at radius 3 is 2.59 bits per heavy atom. The molecule has 2 aromatic carbocycles. The van der Waals surface area contributed by atoms with Gasteiger partial charge in [0, 0.05) is 24.2 Å². The smallest absolute Gasteiger partial charge is 0.265 e. The van der Waals surface area contributed by atoms with E-state index < -0.39 is 10.0 Å². The highest BCUT2D eigenvalue weighted by Crippen LogP contribution is 2.33. The topological polar surface area (TPSA) is 67.9 Å². The summed E-state index contributed by atoms with van der Waals surface area (Å²) < 4.78 is 39.2. The van der Waals surface area contributed by atoms with Crippen molar-refractivity contribution in [1.29, 1.82) is 0 Å². The summed E-state index contributed by atoms with van der Waals surface area (Å²) in [4.78, 5) is 2.11. The molecule has 146 valence electrons. The van der Waals surface area contributed by atoms with E-state index in [9.17, 15) is 8.42 Å². The number of benzene rings is 2. The maximum Gasteiger partial charge on any atom is 0.265 e. The lowest BCUT2D eigenvalue weighted by Gasteiger charge is -2.17. The number of methoxy groups -OCH3 is 1. The van der Waals surface area contributed by atoms with Crippen molar-refractivity contribution in [2.45, 2.75) is 17.4 Å². The van der Waals surface area contributed by atoms with Gasteiger partial charge in [0.25, 0.3) is 10.0 Å². The van der Waals surface area contributed by atoms with Gasteiger partial charge in [-0.25, -0.2) is 8.42 Å². The quantitative estimate of drug-likeness (QED) is 0.752. The predicted molar refractivity (Wildman–Crippen MR) is 107 cm³/mol. The standard InChI is InChI=1S/C18H20Cl2N2O4S/c1-22-8-7-14(11-22)26-17-10-13(4-5-15(17)20)21-27(23,24)18-9-12(19)3-6-16(18)25-2/h3-6,9-10,14,21H,7-8,11H2,1-2H3/t14-/m1/s1. The van der Waals surface area contributed by atoms with Crippen LogP contribution in [0.3, 0.4) is 0 Å². The van der Waals surface area contributed by atoms with Crippen molar-refractivity contribution in [3.05, 3.63) is 46.4 Å². The first kappa shape index (κ1) is 20.1. The van der Waals surface area contributed by atoms with Gasteiger partial charge in [-0.15, -0.1) is 0 Å². The second-order valence-electron chi connectivity index (χ2n) is 6.34. The molecule has 1 aliphatic rings. The molecule has 1 heterocycles. The minimum absolute atomic E-state index is 0.0207. The number of likely N-dealkylation sites (tertiary alicyclic amines) is 1. The second-order valence-corrected chi connectivity index (χ2v) is 8.83. The van der Waals surface area contributed by atoms with Crippen LogP contribution < -0.4 is 14.2 Å². The second kappa shape index (κ2) is 8.14. The largest absolute Gasteiger partial charge is 0.495 e. The van der Waals surface area contributed by atoms with E-state index in [1.54, 1.807) is 24.3 Å². The van der Waals surface area contributed by atoms with E-state index in [-0.39, 0.29) is 16.7 Å². The van der Waals surface area contributed by atoms with Gasteiger partial charge in [-0.2, -0.15) is 0 Å². The van der Waals surface area contributed by atoms with Crippen molar-refractivity contribution in [2.24, 2.45) is 0 Å². The molecule has 3 rings (SSSR count). The van der Waals surface area contributed by atoms with Crippen LogP contribution in [0.5, 0.6) is 11.5 Å². The molecular weight excluding hydrogens is 411 g/mol. The molecule has 0 bridgehead atoms. The number of hydrogen-bond donors (Lipinski definition) is 1. The Hall–Kier alpha value is -1.67. The van der Waals surface area contributed by atoms with Crippen molar-refractivity contribution in [2.75, 3.05) is 32.0 Å². The molecule has 6 nitrogen and oxygen atoms in total. The van der Waals surface area contributed by atoms with Crippen molar-refractivity contribution in [3.8, 4) is 11.5 Å². The summed E-state index contributed by atoms with van der Waals surface area (Å²) in [5.41, 5.74) is 0.336. The lowest BCUT2D eigenvalue weighted by molar-refractivity contribution is 0.208. The number of halogens is 2. The Balaban J connectivity index is 1.85. The first-order valence-electron chi connectivity index (χ1n) is 8.29. The first-order chi connectivity index (χ1) is 12.8. The van der Waals surface area contributed by atoms with E-state index in [1.807, 2.05) is 7.05 Å². The Kier molecular flexibility index (Phi) is 6.05. The number of likely N-dealkylation sites (N-methyl/N-ethyl adjacent to an activating group) is 1. The van der Waals surface area contributed by atoms with Crippen molar-refractivity contribution in [1.82, 2.24) is 4.90 Å². The molecular formula is C18H20Cl2N2O4S. The Morgan fingerprint density at radius 1 is 1.15 bits per heavy atom. The van der Waals surface area contributed by atoms with Crippen LogP contribution in [-0.4, -0.2) is 46.7 Å². The molecule has 0 unspecified atom stereocenters. The fourth-order valence-corrected chi connectivity index (χ4v) is 4.54. The van der Waals surface area contributed by atoms with Crippen molar-refractivity contribution < 1.29 is 17.9 Å². The maximum atomic E-state index is 12.8. The molecule has 0 aromatic heterocycles. The zero-order valence-corrected chi connectivity index (χ0v) is 17.2. The van der Waals surface area contributed by atoms with Gasteiger partial charge in [-0.05, 0) is 43.8 Å². The normalized spacial score (nSPS) is 17.7. The van der Waals surface area contributed by atoms with E-state index in [2.05, 4.69) is 9.62 Å². The van der Waals surface area contributed by atoms with Crippen LogP contribution in [0.1, 0.15) is 6.42 Å². The summed E-state index contributed by atoms with van der Waals surface area (Å²) in [7, 11) is -0.491. The van der Waals surface area contributed by atoms with Crippen LogP contribution >= 0.6 is 23.2 Å². The molecule has 1 aliphatic heterocycles. The molecule has 1 fully saturated rings. The van der Waals surface area contributed by atoms with Gasteiger partial charge < -0.3 is 14.4 Å². The lowest BCUT2D eigenvalue weighted by atomic mass is 10.3. The molecule has 0 spiro atoms. The van der Waals surface area contributed by atoms with Gasteiger partial charge in [0.1, 0.15) is 22.5 Å². The monoisotopic (exact) mass is 430 g/mol. The number of nitrogens with zero attached hydrogens (tertiary/aromatic N) is 1. The Bertz CT molecular complexity index is 937. The number of rotatable bonds is 6. The van der Waals surface area contributed by atoms with E-state index in [0.717, 1.165) is 19.5 Å². The van der Waals surface area contributed by atoms with Gasteiger partial charge in [0.05, 0.1) is 17.8 Å². The number of nitrogens with one attached hydrogen (secondary N) is 1. The van der Waals surface area contributed by atoms with Crippen LogP contribution in [0.25, 0.3) is 0 Å². The zero-order valence-electron chi connectivity index (χ0n) is 14.9. The fourth-order valence-electron chi connectivity index (χ4n) is 2.90. The number of anilines is 1.